The summed E-state index contributed by atoms with van der Waals surface area (Å²) in [6, 6.07) is 7.58. The molecule has 1 heterocycles. The summed E-state index contributed by atoms with van der Waals surface area (Å²) in [7, 11) is 0. The van der Waals surface area contributed by atoms with Crippen molar-refractivity contribution in [2.45, 2.75) is 31.3 Å². The molecule has 1 saturated carbocycles. The van der Waals surface area contributed by atoms with E-state index in [1.54, 1.807) is 6.07 Å². The number of aromatic nitrogens is 1. The Balaban J connectivity index is 1.75. The van der Waals surface area contributed by atoms with Crippen LogP contribution in [0.15, 0.2) is 30.5 Å². The van der Waals surface area contributed by atoms with Crippen LogP contribution in [0.5, 0.6) is 0 Å². The average Bonchev–Trinajstić information content (AvgIpc) is 3.04. The van der Waals surface area contributed by atoms with Crippen LogP contribution in [0.2, 0.25) is 0 Å². The Hall–Kier alpha value is -1.81. The van der Waals surface area contributed by atoms with Crippen LogP contribution in [0.3, 0.4) is 0 Å². The minimum atomic E-state index is -0.709. The van der Waals surface area contributed by atoms with E-state index in [4.69, 9.17) is 0 Å². The molecule has 19 heavy (non-hydrogen) atoms. The average molecular weight is 258 g/mol. The summed E-state index contributed by atoms with van der Waals surface area (Å²) in [4.78, 5) is 15.3. The molecule has 0 unspecified atom stereocenters. The fraction of sp³-hybridized carbons (Fsp3) is 0.400. The molecule has 1 fully saturated rings. The summed E-state index contributed by atoms with van der Waals surface area (Å²) in [5.41, 5.74) is 0.766. The number of aromatic amines is 1. The van der Waals surface area contributed by atoms with Gasteiger partial charge in [0.2, 0.25) is 0 Å². The number of benzene rings is 1. The van der Waals surface area contributed by atoms with Gasteiger partial charge in [0.15, 0.2) is 0 Å². The molecule has 0 saturated heterocycles. The third-order valence-corrected chi connectivity index (χ3v) is 3.94. The Morgan fingerprint density at radius 3 is 2.89 bits per heavy atom. The number of hydrogen-bond donors (Lipinski definition) is 3. The number of rotatable bonds is 3. The largest absolute Gasteiger partial charge is 0.388 e. The Labute approximate surface area is 111 Å². The molecule has 2 aromatic rings. The number of fused-ring (bicyclic) bond motifs is 1. The molecule has 1 aliphatic rings. The molecule has 3 N–H and O–H groups in total. The predicted molar refractivity (Wildman–Crippen MR) is 74.0 cm³/mol. The Bertz CT molecular complexity index is 597. The van der Waals surface area contributed by atoms with E-state index >= 15 is 0 Å². The zero-order valence-corrected chi connectivity index (χ0v) is 10.8. The van der Waals surface area contributed by atoms with Gasteiger partial charge in [-0.05, 0) is 25.0 Å². The van der Waals surface area contributed by atoms with Gasteiger partial charge in [-0.3, -0.25) is 4.79 Å². The summed E-state index contributed by atoms with van der Waals surface area (Å²) in [5, 5.41) is 14.1. The second-order valence-electron chi connectivity index (χ2n) is 5.36. The van der Waals surface area contributed by atoms with Crippen LogP contribution in [0, 0.1) is 0 Å². The Kier molecular flexibility index (Phi) is 3.03. The van der Waals surface area contributed by atoms with Crippen LogP contribution in [0.1, 0.15) is 36.0 Å². The van der Waals surface area contributed by atoms with Crippen molar-refractivity contribution in [3.05, 3.63) is 36.0 Å². The summed E-state index contributed by atoms with van der Waals surface area (Å²) >= 11 is 0. The highest BCUT2D eigenvalue weighted by molar-refractivity contribution is 6.05. The van der Waals surface area contributed by atoms with Gasteiger partial charge in [-0.25, -0.2) is 0 Å². The maximum Gasteiger partial charge on any atom is 0.253 e. The van der Waals surface area contributed by atoms with Crippen molar-refractivity contribution in [2.24, 2.45) is 0 Å². The fourth-order valence-electron chi connectivity index (χ4n) is 2.82. The number of para-hydroxylation sites is 1. The van der Waals surface area contributed by atoms with Gasteiger partial charge in [0, 0.05) is 18.1 Å². The van der Waals surface area contributed by atoms with E-state index in [1.165, 1.54) is 0 Å². The summed E-state index contributed by atoms with van der Waals surface area (Å²) in [6.07, 6.45) is 5.46. The smallest absolute Gasteiger partial charge is 0.253 e. The van der Waals surface area contributed by atoms with Crippen molar-refractivity contribution in [1.82, 2.24) is 10.3 Å². The van der Waals surface area contributed by atoms with Gasteiger partial charge in [-0.1, -0.05) is 25.0 Å². The highest BCUT2D eigenvalue weighted by atomic mass is 16.3. The number of hydrogen-bond acceptors (Lipinski definition) is 2. The summed E-state index contributed by atoms with van der Waals surface area (Å²) in [5.74, 6) is -0.131. The normalized spacial score (nSPS) is 17.7. The molecule has 1 aliphatic carbocycles. The molecule has 4 heteroatoms. The van der Waals surface area contributed by atoms with Crippen LogP contribution in [-0.2, 0) is 0 Å². The third kappa shape index (κ3) is 2.36. The lowest BCUT2D eigenvalue weighted by atomic mass is 10.0. The van der Waals surface area contributed by atoms with Gasteiger partial charge < -0.3 is 15.4 Å². The van der Waals surface area contributed by atoms with Crippen LogP contribution in [-0.4, -0.2) is 28.1 Å². The monoisotopic (exact) mass is 258 g/mol. The van der Waals surface area contributed by atoms with E-state index in [-0.39, 0.29) is 5.91 Å². The fourth-order valence-corrected chi connectivity index (χ4v) is 2.82. The molecular weight excluding hydrogens is 240 g/mol. The number of amides is 1. The standard InChI is InChI=1S/C15H18N2O2/c18-14(17-10-15(19)7-1-2-8-15)12-5-3-4-11-6-9-16-13(11)12/h3-6,9,16,19H,1-2,7-8,10H2,(H,17,18). The first-order valence-corrected chi connectivity index (χ1v) is 6.75. The van der Waals surface area contributed by atoms with Crippen LogP contribution in [0.25, 0.3) is 10.9 Å². The highest BCUT2D eigenvalue weighted by Gasteiger charge is 2.31. The van der Waals surface area contributed by atoms with E-state index in [9.17, 15) is 9.90 Å². The molecule has 1 amide bonds. The lowest BCUT2D eigenvalue weighted by Crippen LogP contribution is -2.40. The van der Waals surface area contributed by atoms with Crippen molar-refractivity contribution in [2.75, 3.05) is 6.54 Å². The van der Waals surface area contributed by atoms with Crippen LogP contribution < -0.4 is 5.32 Å². The number of H-pyrrole nitrogens is 1. The first kappa shape index (κ1) is 12.2. The molecule has 1 aromatic heterocycles. The van der Waals surface area contributed by atoms with E-state index in [2.05, 4.69) is 10.3 Å². The summed E-state index contributed by atoms with van der Waals surface area (Å²) < 4.78 is 0. The lowest BCUT2D eigenvalue weighted by molar-refractivity contribution is 0.0450. The number of carbonyl (C=O) groups excluding carboxylic acids is 1. The van der Waals surface area contributed by atoms with E-state index < -0.39 is 5.60 Å². The number of nitrogens with one attached hydrogen (secondary N) is 2. The molecule has 1 aromatic carbocycles. The third-order valence-electron chi connectivity index (χ3n) is 3.94. The molecular formula is C15H18N2O2. The van der Waals surface area contributed by atoms with Crippen molar-refractivity contribution < 1.29 is 9.90 Å². The Morgan fingerprint density at radius 2 is 2.11 bits per heavy atom. The first-order chi connectivity index (χ1) is 9.18. The zero-order valence-electron chi connectivity index (χ0n) is 10.8. The summed E-state index contributed by atoms with van der Waals surface area (Å²) in [6.45, 7) is 0.336. The van der Waals surface area contributed by atoms with Gasteiger partial charge >= 0.3 is 0 Å². The molecule has 0 atom stereocenters. The van der Waals surface area contributed by atoms with Crippen molar-refractivity contribution in [1.29, 1.82) is 0 Å². The van der Waals surface area contributed by atoms with Crippen LogP contribution in [0.4, 0.5) is 0 Å². The number of aliphatic hydroxyl groups is 1. The Morgan fingerprint density at radius 1 is 1.32 bits per heavy atom. The maximum atomic E-state index is 12.2. The van der Waals surface area contributed by atoms with E-state index in [0.717, 1.165) is 36.6 Å². The maximum absolute atomic E-state index is 12.2. The quantitative estimate of drug-likeness (QED) is 0.790. The molecule has 100 valence electrons. The second-order valence-corrected chi connectivity index (χ2v) is 5.36. The van der Waals surface area contributed by atoms with Gasteiger partial charge in [0.05, 0.1) is 16.7 Å². The van der Waals surface area contributed by atoms with E-state index in [0.29, 0.717) is 12.1 Å². The van der Waals surface area contributed by atoms with Crippen molar-refractivity contribution in [3.8, 4) is 0 Å². The highest BCUT2D eigenvalue weighted by Crippen LogP contribution is 2.28. The molecule has 0 spiro atoms. The zero-order chi connectivity index (χ0) is 13.3. The van der Waals surface area contributed by atoms with Crippen LogP contribution >= 0.6 is 0 Å². The first-order valence-electron chi connectivity index (χ1n) is 6.75. The molecule has 4 nitrogen and oxygen atoms in total. The second kappa shape index (κ2) is 4.70. The topological polar surface area (TPSA) is 65.1 Å². The van der Waals surface area contributed by atoms with Gasteiger partial charge in [0.1, 0.15) is 0 Å². The molecule has 0 radical (unpaired) electrons. The minimum absolute atomic E-state index is 0.131. The lowest BCUT2D eigenvalue weighted by Gasteiger charge is -2.22. The van der Waals surface area contributed by atoms with E-state index in [1.807, 2.05) is 24.4 Å². The SMILES string of the molecule is O=C(NCC1(O)CCCC1)c1cccc2cc[nH]c12. The van der Waals surface area contributed by atoms with Gasteiger partial charge in [0.25, 0.3) is 5.91 Å². The molecule has 0 bridgehead atoms. The van der Waals surface area contributed by atoms with Gasteiger partial charge in [-0.15, -0.1) is 0 Å². The van der Waals surface area contributed by atoms with Crippen molar-refractivity contribution >= 4 is 16.8 Å². The van der Waals surface area contributed by atoms with Gasteiger partial charge in [-0.2, -0.15) is 0 Å². The molecule has 3 rings (SSSR count). The minimum Gasteiger partial charge on any atom is -0.388 e. The predicted octanol–water partition coefficient (Wildman–Crippen LogP) is 2.20. The molecule has 0 aliphatic heterocycles. The number of carbonyl (C=O) groups is 1. The van der Waals surface area contributed by atoms with Crippen molar-refractivity contribution in [3.63, 3.8) is 0 Å².